The van der Waals surface area contributed by atoms with Gasteiger partial charge in [0.05, 0.1) is 14.2 Å². The van der Waals surface area contributed by atoms with Crippen molar-refractivity contribution in [3.8, 4) is 23.3 Å². The molecule has 0 saturated heterocycles. The minimum atomic E-state index is -0.492. The van der Waals surface area contributed by atoms with Crippen LogP contribution in [-0.2, 0) is 4.79 Å². The Morgan fingerprint density at radius 1 is 1.37 bits per heavy atom. The fourth-order valence-electron chi connectivity index (χ4n) is 1.45. The lowest BCUT2D eigenvalue weighted by Crippen LogP contribution is -2.19. The van der Waals surface area contributed by atoms with E-state index in [9.17, 15) is 9.90 Å². The van der Waals surface area contributed by atoms with Crippen molar-refractivity contribution in [2.75, 3.05) is 21.3 Å². The zero-order chi connectivity index (χ0) is 14.4. The number of nitriles is 1. The van der Waals surface area contributed by atoms with Gasteiger partial charge >= 0.3 is 0 Å². The molecule has 0 radical (unpaired) electrons. The summed E-state index contributed by atoms with van der Waals surface area (Å²) in [4.78, 5) is 11.4. The summed E-state index contributed by atoms with van der Waals surface area (Å²) in [5, 5.41) is 21.0. The van der Waals surface area contributed by atoms with Gasteiger partial charge in [0.1, 0.15) is 11.6 Å². The normalized spacial score (nSPS) is 10.5. The topological polar surface area (TPSA) is 91.6 Å². The third-order valence-electron chi connectivity index (χ3n) is 2.41. The lowest BCUT2D eigenvalue weighted by molar-refractivity contribution is -0.116. The first kappa shape index (κ1) is 14.4. The molecule has 1 aromatic rings. The van der Waals surface area contributed by atoms with Gasteiger partial charge in [0.15, 0.2) is 11.5 Å². The number of carbonyl (C=O) groups excluding carboxylic acids is 1. The van der Waals surface area contributed by atoms with E-state index in [0.717, 1.165) is 0 Å². The molecule has 0 bridgehead atoms. The second kappa shape index (κ2) is 6.31. The van der Waals surface area contributed by atoms with Crippen LogP contribution >= 0.6 is 0 Å². The van der Waals surface area contributed by atoms with Crippen molar-refractivity contribution in [3.05, 3.63) is 23.3 Å². The molecule has 2 N–H and O–H groups in total. The Kier molecular flexibility index (Phi) is 4.77. The SMILES string of the molecule is CNC(=O)C(C#N)=Cc1cc(OC)c(O)c(OC)c1. The quantitative estimate of drug-likeness (QED) is 0.625. The average molecular weight is 262 g/mol. The van der Waals surface area contributed by atoms with Gasteiger partial charge in [0, 0.05) is 7.05 Å². The number of phenols is 1. The molecule has 0 fully saturated rings. The maximum atomic E-state index is 11.4. The average Bonchev–Trinajstić information content (AvgIpc) is 2.45. The van der Waals surface area contributed by atoms with E-state index in [1.807, 2.05) is 0 Å². The molecule has 0 spiro atoms. The van der Waals surface area contributed by atoms with E-state index in [4.69, 9.17) is 14.7 Å². The molecule has 0 atom stereocenters. The number of hydrogen-bond donors (Lipinski definition) is 2. The van der Waals surface area contributed by atoms with E-state index < -0.39 is 5.91 Å². The van der Waals surface area contributed by atoms with Crippen LogP contribution in [0.4, 0.5) is 0 Å². The number of benzene rings is 1. The van der Waals surface area contributed by atoms with E-state index in [2.05, 4.69) is 5.32 Å². The number of rotatable bonds is 4. The minimum Gasteiger partial charge on any atom is -0.502 e. The highest BCUT2D eigenvalue weighted by Gasteiger charge is 2.12. The highest BCUT2D eigenvalue weighted by Crippen LogP contribution is 2.37. The number of ether oxygens (including phenoxy) is 2. The number of nitrogens with zero attached hydrogens (tertiary/aromatic N) is 1. The van der Waals surface area contributed by atoms with Crippen molar-refractivity contribution in [1.82, 2.24) is 5.32 Å². The van der Waals surface area contributed by atoms with Crippen LogP contribution in [-0.4, -0.2) is 32.3 Å². The van der Waals surface area contributed by atoms with Crippen molar-refractivity contribution >= 4 is 12.0 Å². The number of amides is 1. The van der Waals surface area contributed by atoms with Crippen LogP contribution in [0.25, 0.3) is 6.08 Å². The molecule has 100 valence electrons. The van der Waals surface area contributed by atoms with Gasteiger partial charge in [0.2, 0.25) is 5.75 Å². The summed E-state index contributed by atoms with van der Waals surface area (Å²) in [7, 11) is 4.23. The summed E-state index contributed by atoms with van der Waals surface area (Å²) < 4.78 is 9.97. The minimum absolute atomic E-state index is 0.0581. The molecule has 0 saturated carbocycles. The number of methoxy groups -OCH3 is 2. The smallest absolute Gasteiger partial charge is 0.261 e. The highest BCUT2D eigenvalue weighted by molar-refractivity contribution is 6.01. The first-order valence-electron chi connectivity index (χ1n) is 5.36. The highest BCUT2D eigenvalue weighted by atomic mass is 16.5. The molecule has 0 heterocycles. The van der Waals surface area contributed by atoms with E-state index in [1.54, 1.807) is 6.07 Å². The first-order valence-corrected chi connectivity index (χ1v) is 5.36. The lowest BCUT2D eigenvalue weighted by atomic mass is 10.1. The van der Waals surface area contributed by atoms with Gasteiger partial charge in [-0.15, -0.1) is 0 Å². The van der Waals surface area contributed by atoms with Crippen molar-refractivity contribution in [2.24, 2.45) is 0 Å². The van der Waals surface area contributed by atoms with Crippen LogP contribution in [0.15, 0.2) is 17.7 Å². The van der Waals surface area contributed by atoms with Gasteiger partial charge in [-0.3, -0.25) is 4.79 Å². The number of phenolic OH excluding ortho intramolecular Hbond substituents is 1. The Morgan fingerprint density at radius 3 is 2.26 bits per heavy atom. The molecule has 0 aliphatic carbocycles. The lowest BCUT2D eigenvalue weighted by Gasteiger charge is -2.09. The number of aromatic hydroxyl groups is 1. The third kappa shape index (κ3) is 3.16. The Hall–Kier alpha value is -2.68. The molecule has 0 aliphatic rings. The van der Waals surface area contributed by atoms with E-state index in [1.165, 1.54) is 39.5 Å². The Balaban J connectivity index is 3.32. The summed E-state index contributed by atoms with van der Waals surface area (Å²) in [5.74, 6) is -0.242. The Labute approximate surface area is 110 Å². The Morgan fingerprint density at radius 2 is 1.89 bits per heavy atom. The standard InChI is InChI=1S/C13H14N2O4/c1-15-13(17)9(7-14)4-8-5-10(18-2)12(16)11(6-8)19-3/h4-6,16H,1-3H3,(H,15,17). The molecule has 6 nitrogen and oxygen atoms in total. The van der Waals surface area contributed by atoms with Gasteiger partial charge in [-0.1, -0.05) is 0 Å². The van der Waals surface area contributed by atoms with Crippen LogP contribution < -0.4 is 14.8 Å². The second-order valence-electron chi connectivity index (χ2n) is 3.52. The molecule has 0 aromatic heterocycles. The van der Waals surface area contributed by atoms with E-state index >= 15 is 0 Å². The number of likely N-dealkylation sites (N-methyl/N-ethyl adjacent to an activating group) is 1. The van der Waals surface area contributed by atoms with Crippen molar-refractivity contribution in [2.45, 2.75) is 0 Å². The third-order valence-corrected chi connectivity index (χ3v) is 2.41. The Bertz CT molecular complexity index is 533. The van der Waals surface area contributed by atoms with Crippen LogP contribution in [0.3, 0.4) is 0 Å². The van der Waals surface area contributed by atoms with Crippen molar-refractivity contribution < 1.29 is 19.4 Å². The van der Waals surface area contributed by atoms with Crippen molar-refractivity contribution in [3.63, 3.8) is 0 Å². The van der Waals surface area contributed by atoms with E-state index in [0.29, 0.717) is 5.56 Å². The maximum Gasteiger partial charge on any atom is 0.261 e. The molecule has 1 amide bonds. The van der Waals surface area contributed by atoms with Crippen LogP contribution in [0.5, 0.6) is 17.2 Å². The summed E-state index contributed by atoms with van der Waals surface area (Å²) in [6.45, 7) is 0. The van der Waals surface area contributed by atoms with Gasteiger partial charge in [0.25, 0.3) is 5.91 Å². The molecule has 1 aromatic carbocycles. The number of carbonyl (C=O) groups is 1. The van der Waals surface area contributed by atoms with Gasteiger partial charge in [-0.25, -0.2) is 0 Å². The number of hydrogen-bond acceptors (Lipinski definition) is 5. The summed E-state index contributed by atoms with van der Waals surface area (Å²) in [6.07, 6.45) is 1.38. The molecular weight excluding hydrogens is 248 g/mol. The maximum absolute atomic E-state index is 11.4. The predicted molar refractivity (Wildman–Crippen MR) is 68.9 cm³/mol. The van der Waals surface area contributed by atoms with Gasteiger partial charge in [-0.2, -0.15) is 5.26 Å². The summed E-state index contributed by atoms with van der Waals surface area (Å²) in [5.41, 5.74) is 0.448. The molecule has 19 heavy (non-hydrogen) atoms. The van der Waals surface area contributed by atoms with Gasteiger partial charge in [-0.05, 0) is 23.8 Å². The van der Waals surface area contributed by atoms with Crippen molar-refractivity contribution in [1.29, 1.82) is 5.26 Å². The second-order valence-corrected chi connectivity index (χ2v) is 3.52. The first-order chi connectivity index (χ1) is 9.07. The largest absolute Gasteiger partial charge is 0.502 e. The molecular formula is C13H14N2O4. The summed E-state index contributed by atoms with van der Waals surface area (Å²) in [6, 6.07) is 4.79. The van der Waals surface area contributed by atoms with Gasteiger partial charge < -0.3 is 19.9 Å². The molecule has 0 aliphatic heterocycles. The fourth-order valence-corrected chi connectivity index (χ4v) is 1.45. The zero-order valence-corrected chi connectivity index (χ0v) is 10.9. The molecule has 6 heteroatoms. The molecule has 1 rings (SSSR count). The summed E-state index contributed by atoms with van der Waals surface area (Å²) >= 11 is 0. The number of nitrogens with one attached hydrogen (secondary N) is 1. The van der Waals surface area contributed by atoms with Crippen LogP contribution in [0.2, 0.25) is 0 Å². The monoisotopic (exact) mass is 262 g/mol. The van der Waals surface area contributed by atoms with Crippen LogP contribution in [0.1, 0.15) is 5.56 Å². The van der Waals surface area contributed by atoms with E-state index in [-0.39, 0.29) is 22.8 Å². The van der Waals surface area contributed by atoms with Crippen LogP contribution in [0, 0.1) is 11.3 Å². The fraction of sp³-hybridized carbons (Fsp3) is 0.231. The predicted octanol–water partition coefficient (Wildman–Crippen LogP) is 1.06. The zero-order valence-electron chi connectivity index (χ0n) is 10.9. The molecule has 0 unspecified atom stereocenters.